The Labute approximate surface area is 184 Å². The number of hydrogen-bond acceptors (Lipinski definition) is 7. The van der Waals surface area contributed by atoms with Crippen molar-refractivity contribution in [3.8, 4) is 23.0 Å². The summed E-state index contributed by atoms with van der Waals surface area (Å²) in [6, 6.07) is 13.6. The molecule has 8 heteroatoms. The summed E-state index contributed by atoms with van der Waals surface area (Å²) in [5, 5.41) is 21.6. The number of aryl methyl sites for hydroxylation is 2. The number of ether oxygens (including phenoxy) is 1. The fourth-order valence-corrected chi connectivity index (χ4v) is 3.25. The van der Waals surface area contributed by atoms with Gasteiger partial charge in [0.25, 0.3) is 5.69 Å². The third kappa shape index (κ3) is 4.15. The Hall–Kier alpha value is -4.20. The molecule has 0 radical (unpaired) electrons. The van der Waals surface area contributed by atoms with Crippen LogP contribution in [0.25, 0.3) is 22.6 Å². The third-order valence-corrected chi connectivity index (χ3v) is 5.05. The van der Waals surface area contributed by atoms with E-state index in [0.29, 0.717) is 17.2 Å². The molecule has 0 saturated carbocycles. The molecule has 0 fully saturated rings. The highest BCUT2D eigenvalue weighted by Crippen LogP contribution is 2.34. The van der Waals surface area contributed by atoms with E-state index < -0.39 is 4.92 Å². The topological polar surface area (TPSA) is 111 Å². The van der Waals surface area contributed by atoms with Gasteiger partial charge in [-0.1, -0.05) is 6.07 Å². The fourth-order valence-electron chi connectivity index (χ4n) is 3.25. The number of phenols is 1. The predicted octanol–water partition coefficient (Wildman–Crippen LogP) is 5.87. The van der Waals surface area contributed by atoms with E-state index in [2.05, 4.69) is 9.98 Å². The molecule has 0 aliphatic carbocycles. The normalized spacial score (nSPS) is 11.3. The van der Waals surface area contributed by atoms with Crippen molar-refractivity contribution in [3.05, 3.63) is 75.3 Å². The third-order valence-electron chi connectivity index (χ3n) is 5.05. The van der Waals surface area contributed by atoms with Crippen LogP contribution in [0.2, 0.25) is 0 Å². The van der Waals surface area contributed by atoms with E-state index in [-0.39, 0.29) is 29.4 Å². The zero-order valence-corrected chi connectivity index (χ0v) is 17.8. The van der Waals surface area contributed by atoms with Gasteiger partial charge in [0.05, 0.1) is 23.3 Å². The minimum Gasteiger partial charge on any atom is -0.504 e. The molecule has 162 valence electrons. The van der Waals surface area contributed by atoms with Crippen LogP contribution in [0.1, 0.15) is 23.6 Å². The van der Waals surface area contributed by atoms with Gasteiger partial charge < -0.3 is 14.3 Å². The molecular weight excluding hydrogens is 410 g/mol. The second-order valence-electron chi connectivity index (χ2n) is 7.30. The van der Waals surface area contributed by atoms with E-state index in [1.54, 1.807) is 19.1 Å². The first-order chi connectivity index (χ1) is 15.4. The Kier molecular flexibility index (Phi) is 5.59. The average molecular weight is 431 g/mol. The molecule has 0 amide bonds. The molecule has 1 aromatic heterocycles. The summed E-state index contributed by atoms with van der Waals surface area (Å²) in [6.07, 6.45) is 1.36. The summed E-state index contributed by atoms with van der Waals surface area (Å²) < 4.78 is 11.2. The molecule has 8 nitrogen and oxygen atoms in total. The van der Waals surface area contributed by atoms with Crippen molar-refractivity contribution >= 4 is 28.7 Å². The van der Waals surface area contributed by atoms with Crippen molar-refractivity contribution in [1.29, 1.82) is 0 Å². The summed E-state index contributed by atoms with van der Waals surface area (Å²) >= 11 is 0. The van der Waals surface area contributed by atoms with Crippen LogP contribution in [0.5, 0.6) is 11.5 Å². The highest BCUT2D eigenvalue weighted by Gasteiger charge is 2.16. The number of aliphatic imine (C=N–C) groups is 1. The minimum atomic E-state index is -0.545. The van der Waals surface area contributed by atoms with Gasteiger partial charge in [0.15, 0.2) is 17.1 Å². The molecule has 3 aromatic carbocycles. The Morgan fingerprint density at radius 1 is 1.19 bits per heavy atom. The van der Waals surface area contributed by atoms with Crippen molar-refractivity contribution in [2.75, 3.05) is 6.61 Å². The van der Waals surface area contributed by atoms with Gasteiger partial charge in [0.1, 0.15) is 5.52 Å². The number of fused-ring (bicyclic) bond motifs is 1. The quantitative estimate of drug-likeness (QED) is 0.232. The van der Waals surface area contributed by atoms with Gasteiger partial charge in [-0.3, -0.25) is 15.1 Å². The number of rotatable bonds is 6. The summed E-state index contributed by atoms with van der Waals surface area (Å²) in [6.45, 7) is 6.04. The molecule has 32 heavy (non-hydrogen) atoms. The lowest BCUT2D eigenvalue weighted by atomic mass is 10.1. The van der Waals surface area contributed by atoms with Crippen molar-refractivity contribution in [3.63, 3.8) is 0 Å². The summed E-state index contributed by atoms with van der Waals surface area (Å²) in [7, 11) is 0. The molecule has 4 aromatic rings. The number of nitro groups is 1. The summed E-state index contributed by atoms with van der Waals surface area (Å²) in [5.41, 5.74) is 5.05. The SMILES string of the molecule is CCOc1cc([N+](=O)[O-])cc(C=Nc2cccc(-c3nc4cc(C)c(C)cc4o3)c2)c1O. The number of benzene rings is 3. The maximum absolute atomic E-state index is 11.2. The minimum absolute atomic E-state index is 0.0361. The second-order valence-corrected chi connectivity index (χ2v) is 7.30. The number of nitrogens with zero attached hydrogens (tertiary/aromatic N) is 3. The Morgan fingerprint density at radius 3 is 2.72 bits per heavy atom. The maximum Gasteiger partial charge on any atom is 0.274 e. The van der Waals surface area contributed by atoms with E-state index in [4.69, 9.17) is 9.15 Å². The van der Waals surface area contributed by atoms with E-state index in [9.17, 15) is 15.2 Å². The standard InChI is InChI=1S/C24H21N3O5/c1-4-31-22-12-19(27(29)30)11-17(23(22)28)13-25-18-7-5-6-16(10-18)24-26-20-8-14(2)15(3)9-21(20)32-24/h5-13,28H,4H2,1-3H3. The van der Waals surface area contributed by atoms with Gasteiger partial charge >= 0.3 is 0 Å². The molecule has 0 aliphatic heterocycles. The van der Waals surface area contributed by atoms with Crippen LogP contribution >= 0.6 is 0 Å². The Morgan fingerprint density at radius 2 is 1.97 bits per heavy atom. The van der Waals surface area contributed by atoms with Crippen LogP contribution in [-0.2, 0) is 0 Å². The van der Waals surface area contributed by atoms with Crippen LogP contribution < -0.4 is 4.74 Å². The lowest BCUT2D eigenvalue weighted by Crippen LogP contribution is -1.97. The fraction of sp³-hybridized carbons (Fsp3) is 0.167. The zero-order chi connectivity index (χ0) is 22.8. The van der Waals surface area contributed by atoms with Gasteiger partial charge in [-0.05, 0) is 62.2 Å². The highest BCUT2D eigenvalue weighted by molar-refractivity contribution is 5.88. The number of aromatic nitrogens is 1. The summed E-state index contributed by atoms with van der Waals surface area (Å²) in [5.74, 6) is 0.301. The molecule has 0 unspecified atom stereocenters. The lowest BCUT2D eigenvalue weighted by Gasteiger charge is -2.08. The smallest absolute Gasteiger partial charge is 0.274 e. The molecule has 0 atom stereocenters. The molecule has 1 N–H and O–H groups in total. The first-order valence-electron chi connectivity index (χ1n) is 10.0. The molecule has 0 bridgehead atoms. The van der Waals surface area contributed by atoms with Crippen LogP contribution in [0.3, 0.4) is 0 Å². The van der Waals surface area contributed by atoms with Gasteiger partial charge in [-0.2, -0.15) is 0 Å². The van der Waals surface area contributed by atoms with Gasteiger partial charge in [0.2, 0.25) is 5.89 Å². The molecule has 0 saturated heterocycles. The number of phenolic OH excluding ortho intramolecular Hbond substituents is 1. The average Bonchev–Trinajstić information content (AvgIpc) is 3.17. The maximum atomic E-state index is 11.2. The molecule has 0 aliphatic rings. The lowest BCUT2D eigenvalue weighted by molar-refractivity contribution is -0.385. The molecule has 1 heterocycles. The Bertz CT molecular complexity index is 1320. The van der Waals surface area contributed by atoms with Crippen LogP contribution in [0.15, 0.2) is 57.9 Å². The van der Waals surface area contributed by atoms with Gasteiger partial charge in [-0.15, -0.1) is 0 Å². The van der Waals surface area contributed by atoms with Crippen molar-refractivity contribution in [2.45, 2.75) is 20.8 Å². The monoisotopic (exact) mass is 431 g/mol. The Balaban J connectivity index is 1.68. The van der Waals surface area contributed by atoms with Gasteiger partial charge in [0, 0.05) is 23.4 Å². The first-order valence-corrected chi connectivity index (χ1v) is 10.0. The van der Waals surface area contributed by atoms with Crippen molar-refractivity contribution in [1.82, 2.24) is 4.98 Å². The van der Waals surface area contributed by atoms with Crippen LogP contribution in [0.4, 0.5) is 11.4 Å². The number of oxazole rings is 1. The van der Waals surface area contributed by atoms with E-state index in [1.807, 2.05) is 38.1 Å². The first kappa shape index (κ1) is 21.0. The van der Waals surface area contributed by atoms with E-state index in [0.717, 1.165) is 22.2 Å². The molecular formula is C24H21N3O5. The van der Waals surface area contributed by atoms with Crippen molar-refractivity contribution < 1.29 is 19.2 Å². The number of hydrogen-bond donors (Lipinski definition) is 1. The number of nitro benzene ring substituents is 1. The largest absolute Gasteiger partial charge is 0.504 e. The highest BCUT2D eigenvalue weighted by atomic mass is 16.6. The number of aromatic hydroxyl groups is 1. The predicted molar refractivity (Wildman–Crippen MR) is 122 cm³/mol. The van der Waals surface area contributed by atoms with Gasteiger partial charge in [-0.25, -0.2) is 4.98 Å². The number of non-ortho nitro benzene ring substituents is 1. The van der Waals surface area contributed by atoms with E-state index in [1.165, 1.54) is 18.3 Å². The zero-order valence-electron chi connectivity index (χ0n) is 17.8. The summed E-state index contributed by atoms with van der Waals surface area (Å²) in [4.78, 5) is 19.6. The molecule has 4 rings (SSSR count). The van der Waals surface area contributed by atoms with Crippen LogP contribution in [0, 0.1) is 24.0 Å². The second kappa shape index (κ2) is 8.50. The van der Waals surface area contributed by atoms with Crippen molar-refractivity contribution in [2.24, 2.45) is 4.99 Å². The molecule has 0 spiro atoms. The van der Waals surface area contributed by atoms with Crippen LogP contribution in [-0.4, -0.2) is 27.8 Å². The van der Waals surface area contributed by atoms with E-state index >= 15 is 0 Å².